The molecule has 0 aliphatic carbocycles. The number of H-pyrrole nitrogens is 1. The molecule has 27 heavy (non-hydrogen) atoms. The molecule has 4 rings (SSSR count). The summed E-state index contributed by atoms with van der Waals surface area (Å²) in [5, 5.41) is 25.8. The molecule has 0 radical (unpaired) electrons. The Morgan fingerprint density at radius 1 is 1.22 bits per heavy atom. The van der Waals surface area contributed by atoms with Crippen molar-refractivity contribution in [1.82, 2.24) is 20.5 Å². The van der Waals surface area contributed by atoms with Crippen molar-refractivity contribution in [3.8, 4) is 0 Å². The third kappa shape index (κ3) is 3.54. The molecule has 0 saturated carbocycles. The number of hydrogen-bond donors (Lipinski definition) is 3. The van der Waals surface area contributed by atoms with Crippen LogP contribution in [0.1, 0.15) is 13.8 Å². The van der Waals surface area contributed by atoms with Crippen molar-refractivity contribution in [2.45, 2.75) is 25.9 Å². The number of nitro groups is 1. The highest BCUT2D eigenvalue weighted by Crippen LogP contribution is 2.30. The zero-order valence-corrected chi connectivity index (χ0v) is 15.1. The second kappa shape index (κ2) is 6.84. The number of aromatic amines is 1. The number of benzene rings is 1. The maximum atomic E-state index is 11.5. The summed E-state index contributed by atoms with van der Waals surface area (Å²) in [6.45, 7) is 5.84. The summed E-state index contributed by atoms with van der Waals surface area (Å²) >= 11 is 0. The van der Waals surface area contributed by atoms with Crippen LogP contribution in [0.4, 0.5) is 23.0 Å². The Balaban J connectivity index is 1.67. The van der Waals surface area contributed by atoms with E-state index in [1.807, 2.05) is 18.2 Å². The highest BCUT2D eigenvalue weighted by Gasteiger charge is 2.24. The van der Waals surface area contributed by atoms with Gasteiger partial charge in [-0.25, -0.2) is 4.98 Å². The number of hydrogen-bond acceptors (Lipinski definition) is 7. The Hall–Kier alpha value is -3.20. The second-order valence-corrected chi connectivity index (χ2v) is 6.97. The third-order valence-electron chi connectivity index (χ3n) is 4.64. The van der Waals surface area contributed by atoms with Crippen LogP contribution in [0.15, 0.2) is 36.5 Å². The first-order chi connectivity index (χ1) is 13.0. The first kappa shape index (κ1) is 17.2. The molecule has 2 aromatic heterocycles. The van der Waals surface area contributed by atoms with Crippen molar-refractivity contribution in [2.24, 2.45) is 0 Å². The van der Waals surface area contributed by atoms with Crippen LogP contribution in [-0.2, 0) is 0 Å². The summed E-state index contributed by atoms with van der Waals surface area (Å²) in [5.41, 5.74) is 1.57. The fraction of sp³-hybridized carbons (Fsp3) is 0.333. The van der Waals surface area contributed by atoms with Crippen LogP contribution in [0.3, 0.4) is 0 Å². The summed E-state index contributed by atoms with van der Waals surface area (Å²) in [6.07, 6.45) is 1.71. The smallest absolute Gasteiger partial charge is 0.311 e. The maximum Gasteiger partial charge on any atom is 0.311 e. The van der Waals surface area contributed by atoms with E-state index in [9.17, 15) is 10.1 Å². The number of nitrogens with one attached hydrogen (secondary N) is 3. The van der Waals surface area contributed by atoms with E-state index in [2.05, 4.69) is 44.6 Å². The molecule has 0 spiro atoms. The van der Waals surface area contributed by atoms with Gasteiger partial charge in [-0.3, -0.25) is 15.2 Å². The molecule has 1 aliphatic rings. The lowest BCUT2D eigenvalue weighted by molar-refractivity contribution is -0.384. The minimum absolute atomic E-state index is 0.0535. The lowest BCUT2D eigenvalue weighted by Crippen LogP contribution is -2.54. The molecule has 3 aromatic rings. The normalized spacial score (nSPS) is 20.0. The average molecular weight is 367 g/mol. The van der Waals surface area contributed by atoms with Crippen molar-refractivity contribution in [2.75, 3.05) is 23.3 Å². The number of nitrogens with zero attached hydrogens (tertiary/aromatic N) is 4. The minimum Gasteiger partial charge on any atom is -0.353 e. The third-order valence-corrected chi connectivity index (χ3v) is 4.64. The highest BCUT2D eigenvalue weighted by atomic mass is 16.6. The lowest BCUT2D eigenvalue weighted by Gasteiger charge is -2.37. The molecule has 1 aliphatic heterocycles. The van der Waals surface area contributed by atoms with Crippen LogP contribution < -0.4 is 15.5 Å². The molecule has 9 heteroatoms. The number of rotatable bonds is 4. The van der Waals surface area contributed by atoms with Crippen LogP contribution in [0.2, 0.25) is 0 Å². The van der Waals surface area contributed by atoms with Crippen molar-refractivity contribution < 1.29 is 4.92 Å². The molecule has 2 unspecified atom stereocenters. The fourth-order valence-electron chi connectivity index (χ4n) is 3.53. The lowest BCUT2D eigenvalue weighted by atomic mass is 10.1. The van der Waals surface area contributed by atoms with Gasteiger partial charge in [-0.2, -0.15) is 5.10 Å². The van der Waals surface area contributed by atoms with Crippen LogP contribution in [0, 0.1) is 10.1 Å². The van der Waals surface area contributed by atoms with Gasteiger partial charge in [0.05, 0.1) is 16.6 Å². The molecule has 0 amide bonds. The predicted molar refractivity (Wildman–Crippen MR) is 105 cm³/mol. The Morgan fingerprint density at radius 3 is 2.74 bits per heavy atom. The van der Waals surface area contributed by atoms with Crippen molar-refractivity contribution in [3.63, 3.8) is 0 Å². The van der Waals surface area contributed by atoms with Gasteiger partial charge < -0.3 is 15.5 Å². The first-order valence-electron chi connectivity index (χ1n) is 8.86. The van der Waals surface area contributed by atoms with Crippen LogP contribution in [0.5, 0.6) is 0 Å². The van der Waals surface area contributed by atoms with Gasteiger partial charge in [0, 0.05) is 42.3 Å². The highest BCUT2D eigenvalue weighted by molar-refractivity contribution is 5.83. The molecule has 1 aromatic carbocycles. The molecule has 1 fully saturated rings. The Kier molecular flexibility index (Phi) is 4.36. The summed E-state index contributed by atoms with van der Waals surface area (Å²) in [4.78, 5) is 17.8. The summed E-state index contributed by atoms with van der Waals surface area (Å²) < 4.78 is 0. The zero-order valence-electron chi connectivity index (χ0n) is 15.1. The molecule has 140 valence electrons. The van der Waals surface area contributed by atoms with E-state index in [1.54, 1.807) is 12.3 Å². The van der Waals surface area contributed by atoms with E-state index in [1.165, 1.54) is 6.07 Å². The van der Waals surface area contributed by atoms with Crippen molar-refractivity contribution in [1.29, 1.82) is 0 Å². The van der Waals surface area contributed by atoms with E-state index >= 15 is 0 Å². The Morgan fingerprint density at radius 2 is 2.00 bits per heavy atom. The average Bonchev–Trinajstić information content (AvgIpc) is 3.08. The summed E-state index contributed by atoms with van der Waals surface area (Å²) in [5.74, 6) is 0.965. The molecule has 2 atom stereocenters. The first-order valence-corrected chi connectivity index (χ1v) is 8.86. The van der Waals surface area contributed by atoms with E-state index in [0.717, 1.165) is 35.5 Å². The van der Waals surface area contributed by atoms with Gasteiger partial charge in [-0.15, -0.1) is 0 Å². The molecule has 3 heterocycles. The molecular weight excluding hydrogens is 346 g/mol. The zero-order chi connectivity index (χ0) is 19.0. The van der Waals surface area contributed by atoms with Crippen LogP contribution in [0.25, 0.3) is 10.9 Å². The van der Waals surface area contributed by atoms with Gasteiger partial charge in [0.25, 0.3) is 0 Å². The second-order valence-electron chi connectivity index (χ2n) is 6.97. The summed E-state index contributed by atoms with van der Waals surface area (Å²) in [7, 11) is 0. The van der Waals surface area contributed by atoms with Gasteiger partial charge in [0.2, 0.25) is 5.82 Å². The van der Waals surface area contributed by atoms with Gasteiger partial charge in [0.1, 0.15) is 5.82 Å². The summed E-state index contributed by atoms with van der Waals surface area (Å²) in [6, 6.07) is 9.47. The maximum absolute atomic E-state index is 11.5. The molecule has 3 N–H and O–H groups in total. The standard InChI is InChI=1S/C18H21N7O2/c1-11-9-24(10-12(2)20-11)17-6-5-16(25(26)27)18(22-17)21-14-3-4-15-13(7-14)8-19-23-15/h3-8,11-12,20H,9-10H2,1-2H3,(H,19,23)(H,21,22). The number of pyridine rings is 1. The van der Waals surface area contributed by atoms with E-state index < -0.39 is 4.92 Å². The van der Waals surface area contributed by atoms with Gasteiger partial charge in [0.15, 0.2) is 0 Å². The largest absolute Gasteiger partial charge is 0.353 e. The van der Waals surface area contributed by atoms with Gasteiger partial charge >= 0.3 is 5.69 Å². The van der Waals surface area contributed by atoms with E-state index in [4.69, 9.17) is 0 Å². The molecule has 0 bridgehead atoms. The molecule has 9 nitrogen and oxygen atoms in total. The van der Waals surface area contributed by atoms with Gasteiger partial charge in [-0.1, -0.05) is 0 Å². The molecular formula is C18H21N7O2. The number of piperazine rings is 1. The fourth-order valence-corrected chi connectivity index (χ4v) is 3.53. The van der Waals surface area contributed by atoms with Crippen LogP contribution in [-0.4, -0.2) is 45.3 Å². The number of fused-ring (bicyclic) bond motifs is 1. The minimum atomic E-state index is -0.418. The number of anilines is 3. The Bertz CT molecular complexity index is 977. The number of aromatic nitrogens is 3. The molecule has 1 saturated heterocycles. The SMILES string of the molecule is CC1CN(c2ccc([N+](=O)[O-])c(Nc3ccc4[nH]ncc4c3)n2)CC(C)N1. The van der Waals surface area contributed by atoms with Crippen molar-refractivity contribution in [3.05, 3.63) is 46.6 Å². The van der Waals surface area contributed by atoms with E-state index in [0.29, 0.717) is 12.1 Å². The predicted octanol–water partition coefficient (Wildman–Crippen LogP) is 2.80. The monoisotopic (exact) mass is 367 g/mol. The topological polar surface area (TPSA) is 112 Å². The van der Waals surface area contributed by atoms with Gasteiger partial charge in [-0.05, 0) is 38.1 Å². The van der Waals surface area contributed by atoms with E-state index in [-0.39, 0.29) is 11.5 Å². The van der Waals surface area contributed by atoms with Crippen LogP contribution >= 0.6 is 0 Å². The van der Waals surface area contributed by atoms with Crippen molar-refractivity contribution >= 4 is 33.9 Å². The quantitative estimate of drug-likeness (QED) is 0.480. The Labute approximate surface area is 155 Å².